The highest BCUT2D eigenvalue weighted by Gasteiger charge is 2.36. The first-order chi connectivity index (χ1) is 10.2. The fraction of sp³-hybridized carbons (Fsp3) is 0.353. The molecule has 110 valence electrons. The molecule has 1 aliphatic heterocycles. The molecule has 1 heterocycles. The standard InChI is InChI=1S/C17H19NO3/c1-18(16-11-21-10-15(16)17(19)20)9-13-7-4-6-12-5-2-3-8-14(12)13/h2-8,15-16H,9-11H2,1H3,(H,19,20). The van der Waals surface area contributed by atoms with Gasteiger partial charge in [0.2, 0.25) is 0 Å². The van der Waals surface area contributed by atoms with E-state index in [4.69, 9.17) is 4.74 Å². The zero-order valence-corrected chi connectivity index (χ0v) is 12.0. The number of hydrogen-bond acceptors (Lipinski definition) is 3. The van der Waals surface area contributed by atoms with Gasteiger partial charge in [-0.15, -0.1) is 0 Å². The molecule has 2 aromatic rings. The molecule has 1 fully saturated rings. The van der Waals surface area contributed by atoms with Gasteiger partial charge >= 0.3 is 5.97 Å². The Labute approximate surface area is 123 Å². The van der Waals surface area contributed by atoms with Gasteiger partial charge in [0.1, 0.15) is 0 Å². The van der Waals surface area contributed by atoms with Crippen molar-refractivity contribution in [2.24, 2.45) is 5.92 Å². The van der Waals surface area contributed by atoms with E-state index in [1.807, 2.05) is 25.2 Å². The fourth-order valence-corrected chi connectivity index (χ4v) is 3.03. The van der Waals surface area contributed by atoms with E-state index in [1.54, 1.807) is 0 Å². The van der Waals surface area contributed by atoms with Crippen LogP contribution in [0.25, 0.3) is 10.8 Å². The summed E-state index contributed by atoms with van der Waals surface area (Å²) in [5.74, 6) is -1.22. The lowest BCUT2D eigenvalue weighted by atomic mass is 10.0. The molecule has 2 atom stereocenters. The van der Waals surface area contributed by atoms with Crippen molar-refractivity contribution in [3.8, 4) is 0 Å². The van der Waals surface area contributed by atoms with Crippen molar-refractivity contribution in [1.82, 2.24) is 4.90 Å². The van der Waals surface area contributed by atoms with E-state index < -0.39 is 11.9 Å². The molecule has 21 heavy (non-hydrogen) atoms. The second-order valence-corrected chi connectivity index (χ2v) is 5.60. The molecule has 0 radical (unpaired) electrons. The minimum atomic E-state index is -0.776. The minimum Gasteiger partial charge on any atom is -0.481 e. The molecular formula is C17H19NO3. The van der Waals surface area contributed by atoms with E-state index in [0.29, 0.717) is 13.2 Å². The van der Waals surface area contributed by atoms with Gasteiger partial charge < -0.3 is 9.84 Å². The molecule has 4 heteroatoms. The number of carbonyl (C=O) groups is 1. The molecule has 0 amide bonds. The Morgan fingerprint density at radius 3 is 2.81 bits per heavy atom. The summed E-state index contributed by atoms with van der Waals surface area (Å²) in [4.78, 5) is 13.4. The molecule has 1 aliphatic rings. The average Bonchev–Trinajstić information content (AvgIpc) is 2.97. The molecule has 0 saturated carbocycles. The van der Waals surface area contributed by atoms with Crippen molar-refractivity contribution >= 4 is 16.7 Å². The van der Waals surface area contributed by atoms with Crippen LogP contribution in [0.4, 0.5) is 0 Å². The summed E-state index contributed by atoms with van der Waals surface area (Å²) in [6.07, 6.45) is 0. The van der Waals surface area contributed by atoms with Gasteiger partial charge in [0.15, 0.2) is 0 Å². The molecule has 0 aromatic heterocycles. The van der Waals surface area contributed by atoms with Gasteiger partial charge in [0.25, 0.3) is 0 Å². The average molecular weight is 285 g/mol. The van der Waals surface area contributed by atoms with Crippen molar-refractivity contribution in [2.75, 3.05) is 20.3 Å². The molecule has 3 rings (SSSR count). The summed E-state index contributed by atoms with van der Waals surface area (Å²) in [5.41, 5.74) is 1.21. The van der Waals surface area contributed by atoms with Crippen LogP contribution in [0.5, 0.6) is 0 Å². The third-order valence-corrected chi connectivity index (χ3v) is 4.23. The predicted molar refractivity (Wildman–Crippen MR) is 81.1 cm³/mol. The Morgan fingerprint density at radius 1 is 1.24 bits per heavy atom. The van der Waals surface area contributed by atoms with Crippen LogP contribution in [0.15, 0.2) is 42.5 Å². The predicted octanol–water partition coefficient (Wildman–Crippen LogP) is 2.37. The van der Waals surface area contributed by atoms with Gasteiger partial charge in [-0.2, -0.15) is 0 Å². The molecule has 1 saturated heterocycles. The van der Waals surface area contributed by atoms with Gasteiger partial charge in [-0.1, -0.05) is 42.5 Å². The van der Waals surface area contributed by atoms with E-state index in [1.165, 1.54) is 16.3 Å². The van der Waals surface area contributed by atoms with Crippen molar-refractivity contribution in [3.05, 3.63) is 48.0 Å². The Balaban J connectivity index is 1.83. The molecule has 1 N–H and O–H groups in total. The number of likely N-dealkylation sites (N-methyl/N-ethyl adjacent to an activating group) is 1. The zero-order chi connectivity index (χ0) is 14.8. The summed E-state index contributed by atoms with van der Waals surface area (Å²) >= 11 is 0. The van der Waals surface area contributed by atoms with Gasteiger partial charge in [-0.25, -0.2) is 0 Å². The second-order valence-electron chi connectivity index (χ2n) is 5.60. The lowest BCUT2D eigenvalue weighted by Crippen LogP contribution is -2.40. The van der Waals surface area contributed by atoms with Crippen LogP contribution in [0.1, 0.15) is 5.56 Å². The summed E-state index contributed by atoms with van der Waals surface area (Å²) in [6, 6.07) is 14.4. The Hall–Kier alpha value is -1.91. The highest BCUT2D eigenvalue weighted by Crippen LogP contribution is 2.24. The van der Waals surface area contributed by atoms with Crippen LogP contribution in [0.3, 0.4) is 0 Å². The topological polar surface area (TPSA) is 49.8 Å². The van der Waals surface area contributed by atoms with Crippen molar-refractivity contribution in [3.63, 3.8) is 0 Å². The molecule has 0 aliphatic carbocycles. The fourth-order valence-electron chi connectivity index (χ4n) is 3.03. The van der Waals surface area contributed by atoms with Crippen molar-refractivity contribution in [2.45, 2.75) is 12.6 Å². The quantitative estimate of drug-likeness (QED) is 0.937. The first kappa shape index (κ1) is 14.0. The number of carboxylic acid groups (broad SMARTS) is 1. The summed E-state index contributed by atoms with van der Waals surface area (Å²) in [5, 5.41) is 11.7. The van der Waals surface area contributed by atoms with Crippen LogP contribution in [0.2, 0.25) is 0 Å². The molecule has 0 spiro atoms. The van der Waals surface area contributed by atoms with Crippen LogP contribution in [0, 0.1) is 5.92 Å². The molecule has 2 aromatic carbocycles. The van der Waals surface area contributed by atoms with Crippen molar-refractivity contribution in [1.29, 1.82) is 0 Å². The van der Waals surface area contributed by atoms with E-state index in [0.717, 1.165) is 6.54 Å². The summed E-state index contributed by atoms with van der Waals surface area (Å²) in [7, 11) is 1.97. The number of rotatable bonds is 4. The van der Waals surface area contributed by atoms with E-state index in [9.17, 15) is 9.90 Å². The van der Waals surface area contributed by atoms with Gasteiger partial charge in [0.05, 0.1) is 19.1 Å². The van der Waals surface area contributed by atoms with Crippen LogP contribution >= 0.6 is 0 Å². The molecule has 4 nitrogen and oxygen atoms in total. The van der Waals surface area contributed by atoms with E-state index in [2.05, 4.69) is 29.2 Å². The third-order valence-electron chi connectivity index (χ3n) is 4.23. The second kappa shape index (κ2) is 5.84. The Bertz CT molecular complexity index is 650. The molecular weight excluding hydrogens is 266 g/mol. The monoisotopic (exact) mass is 285 g/mol. The number of benzene rings is 2. The lowest BCUT2D eigenvalue weighted by Gasteiger charge is -2.26. The minimum absolute atomic E-state index is 0.0681. The van der Waals surface area contributed by atoms with Crippen LogP contribution in [-0.2, 0) is 16.1 Å². The zero-order valence-electron chi connectivity index (χ0n) is 12.0. The maximum atomic E-state index is 11.3. The number of fused-ring (bicyclic) bond motifs is 1. The highest BCUT2D eigenvalue weighted by atomic mass is 16.5. The maximum Gasteiger partial charge on any atom is 0.310 e. The summed E-state index contributed by atoms with van der Waals surface area (Å²) in [6.45, 7) is 1.51. The summed E-state index contributed by atoms with van der Waals surface area (Å²) < 4.78 is 5.35. The van der Waals surface area contributed by atoms with Gasteiger partial charge in [0, 0.05) is 12.6 Å². The molecule has 2 unspecified atom stereocenters. The smallest absolute Gasteiger partial charge is 0.310 e. The third kappa shape index (κ3) is 2.77. The highest BCUT2D eigenvalue weighted by molar-refractivity contribution is 5.85. The first-order valence-electron chi connectivity index (χ1n) is 7.14. The SMILES string of the molecule is CN(Cc1cccc2ccccc12)C1COCC1C(=O)O. The number of nitrogens with zero attached hydrogens (tertiary/aromatic N) is 1. The Morgan fingerprint density at radius 2 is 2.00 bits per heavy atom. The van der Waals surface area contributed by atoms with Crippen molar-refractivity contribution < 1.29 is 14.6 Å². The van der Waals surface area contributed by atoms with Crippen LogP contribution in [-0.4, -0.2) is 42.3 Å². The lowest BCUT2D eigenvalue weighted by molar-refractivity contribution is -0.143. The number of aliphatic carboxylic acids is 1. The normalized spacial score (nSPS) is 22.0. The van der Waals surface area contributed by atoms with Crippen LogP contribution < -0.4 is 0 Å². The van der Waals surface area contributed by atoms with Gasteiger partial charge in [-0.05, 0) is 23.4 Å². The first-order valence-corrected chi connectivity index (χ1v) is 7.14. The van der Waals surface area contributed by atoms with E-state index in [-0.39, 0.29) is 6.04 Å². The Kier molecular flexibility index (Phi) is 3.90. The van der Waals surface area contributed by atoms with Gasteiger partial charge in [-0.3, -0.25) is 9.69 Å². The largest absolute Gasteiger partial charge is 0.481 e. The number of hydrogen-bond donors (Lipinski definition) is 1. The molecule has 0 bridgehead atoms. The maximum absolute atomic E-state index is 11.3. The van der Waals surface area contributed by atoms with E-state index >= 15 is 0 Å². The number of ether oxygens (including phenoxy) is 1. The number of carboxylic acids is 1.